The smallest absolute Gasteiger partial charge is 0.0369 e. The average Bonchev–Trinajstić information content (AvgIpc) is 2.26. The van der Waals surface area contributed by atoms with E-state index in [9.17, 15) is 0 Å². The Balaban J connectivity index is 2.65. The molecule has 1 rings (SSSR count). The molecule has 0 aliphatic heterocycles. The maximum Gasteiger partial charge on any atom is 0.0369 e. The molecular formula is C13H20N2. The summed E-state index contributed by atoms with van der Waals surface area (Å²) in [6.45, 7) is 6.82. The van der Waals surface area contributed by atoms with E-state index in [1.165, 1.54) is 11.3 Å². The van der Waals surface area contributed by atoms with Crippen molar-refractivity contribution in [3.63, 3.8) is 0 Å². The Morgan fingerprint density at radius 2 is 1.87 bits per heavy atom. The highest BCUT2D eigenvalue weighted by atomic mass is 15.1. The summed E-state index contributed by atoms with van der Waals surface area (Å²) in [5.74, 6) is 0. The minimum atomic E-state index is 0.617. The van der Waals surface area contributed by atoms with Gasteiger partial charge in [0.2, 0.25) is 0 Å². The molecule has 0 heterocycles. The molecule has 15 heavy (non-hydrogen) atoms. The van der Waals surface area contributed by atoms with Crippen LogP contribution in [0.15, 0.2) is 36.4 Å². The Morgan fingerprint density at radius 3 is 2.40 bits per heavy atom. The Kier molecular flexibility index (Phi) is 4.91. The third-order valence-electron chi connectivity index (χ3n) is 2.41. The van der Waals surface area contributed by atoms with Crippen LogP contribution in [0.1, 0.15) is 12.5 Å². The lowest BCUT2D eigenvalue weighted by Crippen LogP contribution is -2.22. The van der Waals surface area contributed by atoms with Gasteiger partial charge in [0.1, 0.15) is 0 Å². The molecule has 2 nitrogen and oxygen atoms in total. The van der Waals surface area contributed by atoms with Crippen molar-refractivity contribution < 1.29 is 0 Å². The minimum absolute atomic E-state index is 0.617. The number of rotatable bonds is 5. The van der Waals surface area contributed by atoms with Crippen LogP contribution in [0.3, 0.4) is 0 Å². The Labute approximate surface area is 92.4 Å². The molecule has 0 unspecified atom stereocenters. The molecule has 2 heteroatoms. The number of benzene rings is 1. The van der Waals surface area contributed by atoms with E-state index in [4.69, 9.17) is 5.73 Å². The Morgan fingerprint density at radius 1 is 1.20 bits per heavy atom. The number of nitrogens with two attached hydrogens (primary N) is 1. The van der Waals surface area contributed by atoms with E-state index >= 15 is 0 Å². The van der Waals surface area contributed by atoms with E-state index in [1.807, 2.05) is 6.08 Å². The van der Waals surface area contributed by atoms with E-state index in [2.05, 4.69) is 49.1 Å². The van der Waals surface area contributed by atoms with Gasteiger partial charge in [-0.2, -0.15) is 0 Å². The largest absolute Gasteiger partial charge is 0.368 e. The van der Waals surface area contributed by atoms with Gasteiger partial charge >= 0.3 is 0 Å². The molecule has 0 amide bonds. The second kappa shape index (κ2) is 6.25. The molecule has 2 N–H and O–H groups in total. The highest BCUT2D eigenvalue weighted by Crippen LogP contribution is 2.14. The molecule has 0 atom stereocenters. The van der Waals surface area contributed by atoms with Crippen molar-refractivity contribution in [2.75, 3.05) is 24.5 Å². The van der Waals surface area contributed by atoms with Crippen LogP contribution < -0.4 is 10.6 Å². The fraction of sp³-hybridized carbons (Fsp3) is 0.385. The molecule has 0 aliphatic carbocycles. The van der Waals surface area contributed by atoms with E-state index in [-0.39, 0.29) is 0 Å². The standard InChI is InChI=1S/C13H20N2/c1-3-15(11-5-4-10-14)13-8-6-12(2)7-9-13/h4-9H,3,10-11,14H2,1-2H3. The first-order valence-electron chi connectivity index (χ1n) is 5.44. The van der Waals surface area contributed by atoms with Gasteiger partial charge in [-0.3, -0.25) is 0 Å². The maximum absolute atomic E-state index is 5.41. The summed E-state index contributed by atoms with van der Waals surface area (Å²) in [6, 6.07) is 8.61. The van der Waals surface area contributed by atoms with E-state index in [0.29, 0.717) is 6.54 Å². The second-order valence-electron chi connectivity index (χ2n) is 3.58. The number of aryl methyl sites for hydroxylation is 1. The van der Waals surface area contributed by atoms with Crippen molar-refractivity contribution in [1.29, 1.82) is 0 Å². The van der Waals surface area contributed by atoms with Gasteiger partial charge in [0.25, 0.3) is 0 Å². The maximum atomic E-state index is 5.41. The van der Waals surface area contributed by atoms with Crippen molar-refractivity contribution in [2.24, 2.45) is 5.73 Å². The lowest BCUT2D eigenvalue weighted by molar-refractivity contribution is 0.903. The molecule has 82 valence electrons. The van der Waals surface area contributed by atoms with Crippen LogP contribution in [0.5, 0.6) is 0 Å². The molecule has 1 aromatic carbocycles. The summed E-state index contributed by atoms with van der Waals surface area (Å²) in [6.07, 6.45) is 4.11. The van der Waals surface area contributed by atoms with E-state index in [0.717, 1.165) is 13.1 Å². The van der Waals surface area contributed by atoms with Crippen molar-refractivity contribution in [3.05, 3.63) is 42.0 Å². The van der Waals surface area contributed by atoms with E-state index in [1.54, 1.807) is 0 Å². The van der Waals surface area contributed by atoms with Crippen molar-refractivity contribution in [3.8, 4) is 0 Å². The Bertz CT molecular complexity index is 301. The van der Waals surface area contributed by atoms with Crippen molar-refractivity contribution >= 4 is 5.69 Å². The first-order valence-corrected chi connectivity index (χ1v) is 5.44. The molecule has 0 aliphatic rings. The van der Waals surface area contributed by atoms with Crippen LogP contribution in [0.4, 0.5) is 5.69 Å². The lowest BCUT2D eigenvalue weighted by Gasteiger charge is -2.21. The first-order chi connectivity index (χ1) is 7.27. The first kappa shape index (κ1) is 11.8. The molecule has 0 spiro atoms. The van der Waals surface area contributed by atoms with Crippen LogP contribution in [0.2, 0.25) is 0 Å². The van der Waals surface area contributed by atoms with Gasteiger partial charge in [0, 0.05) is 25.3 Å². The molecule has 0 radical (unpaired) electrons. The third kappa shape index (κ3) is 3.76. The summed E-state index contributed by atoms with van der Waals surface area (Å²) in [5.41, 5.74) is 7.98. The molecule has 0 bridgehead atoms. The van der Waals surface area contributed by atoms with Crippen LogP contribution in [0, 0.1) is 6.92 Å². The fourth-order valence-corrected chi connectivity index (χ4v) is 1.47. The monoisotopic (exact) mass is 204 g/mol. The summed E-state index contributed by atoms with van der Waals surface area (Å²) in [4.78, 5) is 2.31. The number of nitrogens with zero attached hydrogens (tertiary/aromatic N) is 1. The normalized spacial score (nSPS) is 10.9. The number of hydrogen-bond acceptors (Lipinski definition) is 2. The lowest BCUT2D eigenvalue weighted by atomic mass is 10.2. The van der Waals surface area contributed by atoms with Gasteiger partial charge in [-0.05, 0) is 26.0 Å². The van der Waals surface area contributed by atoms with Crippen LogP contribution in [-0.2, 0) is 0 Å². The molecule has 0 saturated heterocycles. The van der Waals surface area contributed by atoms with Gasteiger partial charge in [0.05, 0.1) is 0 Å². The second-order valence-corrected chi connectivity index (χ2v) is 3.58. The molecule has 0 fully saturated rings. The van der Waals surface area contributed by atoms with Crippen LogP contribution in [0.25, 0.3) is 0 Å². The van der Waals surface area contributed by atoms with Gasteiger partial charge in [-0.15, -0.1) is 0 Å². The average molecular weight is 204 g/mol. The highest BCUT2D eigenvalue weighted by Gasteiger charge is 2.00. The van der Waals surface area contributed by atoms with Crippen LogP contribution >= 0.6 is 0 Å². The Hall–Kier alpha value is -1.28. The van der Waals surface area contributed by atoms with Crippen molar-refractivity contribution in [2.45, 2.75) is 13.8 Å². The summed E-state index contributed by atoms with van der Waals surface area (Å²) < 4.78 is 0. The summed E-state index contributed by atoms with van der Waals surface area (Å²) in [5, 5.41) is 0. The molecule has 1 aromatic rings. The topological polar surface area (TPSA) is 29.3 Å². The third-order valence-corrected chi connectivity index (χ3v) is 2.41. The fourth-order valence-electron chi connectivity index (χ4n) is 1.47. The zero-order valence-electron chi connectivity index (χ0n) is 9.61. The van der Waals surface area contributed by atoms with Crippen LogP contribution in [-0.4, -0.2) is 19.6 Å². The SMILES string of the molecule is CCN(CC=CCN)c1ccc(C)cc1. The quantitative estimate of drug-likeness (QED) is 0.746. The zero-order chi connectivity index (χ0) is 11.1. The molecule has 0 saturated carbocycles. The minimum Gasteiger partial charge on any atom is -0.368 e. The number of hydrogen-bond donors (Lipinski definition) is 1. The van der Waals surface area contributed by atoms with Gasteiger partial charge < -0.3 is 10.6 Å². The predicted molar refractivity (Wildman–Crippen MR) is 67.3 cm³/mol. The van der Waals surface area contributed by atoms with Gasteiger partial charge in [-0.25, -0.2) is 0 Å². The number of likely N-dealkylation sites (N-methyl/N-ethyl adjacent to an activating group) is 1. The molecular weight excluding hydrogens is 184 g/mol. The zero-order valence-corrected chi connectivity index (χ0v) is 9.61. The van der Waals surface area contributed by atoms with Gasteiger partial charge in [0.15, 0.2) is 0 Å². The summed E-state index contributed by atoms with van der Waals surface area (Å²) in [7, 11) is 0. The van der Waals surface area contributed by atoms with Gasteiger partial charge in [-0.1, -0.05) is 29.8 Å². The predicted octanol–water partition coefficient (Wildman–Crippen LogP) is 2.34. The van der Waals surface area contributed by atoms with E-state index < -0.39 is 0 Å². The number of anilines is 1. The van der Waals surface area contributed by atoms with Crippen molar-refractivity contribution in [1.82, 2.24) is 0 Å². The summed E-state index contributed by atoms with van der Waals surface area (Å²) >= 11 is 0. The molecule has 0 aromatic heterocycles. The highest BCUT2D eigenvalue weighted by molar-refractivity contribution is 5.47.